The first-order valence-corrected chi connectivity index (χ1v) is 12.1. The maximum absolute atomic E-state index is 14.1. The van der Waals surface area contributed by atoms with Gasteiger partial charge in [0.1, 0.15) is 17.7 Å². The SMILES string of the molecule is Cc1cccc(C)c1N(C)C1=CC(c2cc(F)c(F)c(F)c2)=NC2=CC(C(=O)N3CCCCC3)NN21. The molecular weight excluding hydrogens is 467 g/mol. The van der Waals surface area contributed by atoms with E-state index >= 15 is 0 Å². The number of rotatable bonds is 4. The van der Waals surface area contributed by atoms with E-state index in [1.54, 1.807) is 17.2 Å². The van der Waals surface area contributed by atoms with Gasteiger partial charge in [-0.15, -0.1) is 0 Å². The Kier molecular flexibility index (Phi) is 6.34. The molecule has 1 unspecified atom stereocenters. The number of allylic oxidation sites excluding steroid dienone is 1. The van der Waals surface area contributed by atoms with E-state index in [2.05, 4.69) is 10.4 Å². The van der Waals surface area contributed by atoms with Crippen molar-refractivity contribution in [2.24, 2.45) is 4.99 Å². The number of aryl methyl sites for hydroxylation is 2. The van der Waals surface area contributed by atoms with Crippen LogP contribution in [0.4, 0.5) is 18.9 Å². The number of carbonyl (C=O) groups excluding carboxylic acids is 1. The molecule has 2 aromatic carbocycles. The van der Waals surface area contributed by atoms with Gasteiger partial charge in [0.15, 0.2) is 17.5 Å². The molecule has 0 radical (unpaired) electrons. The summed E-state index contributed by atoms with van der Waals surface area (Å²) in [6.45, 7) is 5.43. The fraction of sp³-hybridized carbons (Fsp3) is 0.333. The van der Waals surface area contributed by atoms with Crippen LogP contribution >= 0.6 is 0 Å². The molecule has 6 nitrogen and oxygen atoms in total. The molecule has 0 aromatic heterocycles. The summed E-state index contributed by atoms with van der Waals surface area (Å²) in [5, 5.41) is 1.72. The van der Waals surface area contributed by atoms with Crippen LogP contribution in [0.3, 0.4) is 0 Å². The molecule has 1 atom stereocenters. The number of carbonyl (C=O) groups is 1. The number of nitrogens with one attached hydrogen (secondary N) is 1. The minimum Gasteiger partial charge on any atom is -0.341 e. The summed E-state index contributed by atoms with van der Waals surface area (Å²) in [5.74, 6) is -3.09. The molecular formula is C27H28F3N5O. The van der Waals surface area contributed by atoms with Gasteiger partial charge in [-0.2, -0.15) is 0 Å². The van der Waals surface area contributed by atoms with Crippen molar-refractivity contribution in [2.75, 3.05) is 25.0 Å². The number of likely N-dealkylation sites (tertiary alicyclic amines) is 1. The standard InChI is InChI=1S/C27H28F3N5O/c1-16-8-7-9-17(2)26(16)33(3)24-15-21(18-12-19(28)25(30)20(29)13-18)31-23-14-22(32-35(23)24)27(36)34-10-5-4-6-11-34/h7-9,12-15,22,32H,4-6,10-11H2,1-3H3. The van der Waals surface area contributed by atoms with Crippen molar-refractivity contribution in [1.29, 1.82) is 0 Å². The maximum atomic E-state index is 14.1. The van der Waals surface area contributed by atoms with E-state index in [0.717, 1.165) is 48.2 Å². The third kappa shape index (κ3) is 4.28. The second-order valence-electron chi connectivity index (χ2n) is 9.41. The average Bonchev–Trinajstić information content (AvgIpc) is 3.30. The van der Waals surface area contributed by atoms with E-state index in [-0.39, 0.29) is 17.2 Å². The predicted octanol–water partition coefficient (Wildman–Crippen LogP) is 4.54. The summed E-state index contributed by atoms with van der Waals surface area (Å²) >= 11 is 0. The molecule has 1 N–H and O–H groups in total. The van der Waals surface area contributed by atoms with Gasteiger partial charge in [0.05, 0.1) is 5.71 Å². The van der Waals surface area contributed by atoms with Crippen LogP contribution in [-0.4, -0.2) is 47.7 Å². The van der Waals surface area contributed by atoms with E-state index < -0.39 is 23.5 Å². The summed E-state index contributed by atoms with van der Waals surface area (Å²) < 4.78 is 41.8. The van der Waals surface area contributed by atoms with Crippen LogP contribution in [-0.2, 0) is 4.79 Å². The number of amides is 1. The molecule has 0 saturated carbocycles. The number of hydrogen-bond donors (Lipinski definition) is 1. The van der Waals surface area contributed by atoms with Gasteiger partial charge in [-0.3, -0.25) is 4.79 Å². The molecule has 1 amide bonds. The van der Waals surface area contributed by atoms with Crippen molar-refractivity contribution in [3.8, 4) is 0 Å². The number of anilines is 1. The summed E-state index contributed by atoms with van der Waals surface area (Å²) in [7, 11) is 1.88. The Balaban J connectivity index is 1.57. The molecule has 2 aromatic rings. The summed E-state index contributed by atoms with van der Waals surface area (Å²) in [6.07, 6.45) is 6.46. The molecule has 1 saturated heterocycles. The van der Waals surface area contributed by atoms with E-state index in [0.29, 0.717) is 24.7 Å². The number of aliphatic imine (C=N–C) groups is 1. The zero-order valence-electron chi connectivity index (χ0n) is 20.5. The number of para-hydroxylation sites is 1. The number of benzene rings is 2. The van der Waals surface area contributed by atoms with Crippen molar-refractivity contribution in [3.63, 3.8) is 0 Å². The molecule has 9 heteroatoms. The van der Waals surface area contributed by atoms with E-state index in [4.69, 9.17) is 0 Å². The topological polar surface area (TPSA) is 51.2 Å². The zero-order chi connectivity index (χ0) is 25.6. The van der Waals surface area contributed by atoms with Crippen LogP contribution in [0.1, 0.15) is 36.0 Å². The highest BCUT2D eigenvalue weighted by molar-refractivity contribution is 6.10. The smallest absolute Gasteiger partial charge is 0.245 e. The normalized spacial score (nSPS) is 19.5. The number of nitrogens with zero attached hydrogens (tertiary/aromatic N) is 4. The number of hydrogen-bond acceptors (Lipinski definition) is 5. The van der Waals surface area contributed by atoms with Gasteiger partial charge < -0.3 is 9.80 Å². The molecule has 3 aliphatic heterocycles. The van der Waals surface area contributed by atoms with Crippen molar-refractivity contribution < 1.29 is 18.0 Å². The Morgan fingerprint density at radius 1 is 1.06 bits per heavy atom. The van der Waals surface area contributed by atoms with Gasteiger partial charge in [-0.1, -0.05) is 18.2 Å². The second-order valence-corrected chi connectivity index (χ2v) is 9.41. The number of fused-ring (bicyclic) bond motifs is 1. The Hall–Kier alpha value is -3.59. The van der Waals surface area contributed by atoms with Crippen LogP contribution in [0.2, 0.25) is 0 Å². The van der Waals surface area contributed by atoms with Gasteiger partial charge in [0.25, 0.3) is 0 Å². The van der Waals surface area contributed by atoms with Crippen molar-refractivity contribution in [1.82, 2.24) is 15.3 Å². The highest BCUT2D eigenvalue weighted by Crippen LogP contribution is 2.33. The molecule has 0 spiro atoms. The first kappa shape index (κ1) is 24.1. The van der Waals surface area contributed by atoms with E-state index in [9.17, 15) is 18.0 Å². The first-order chi connectivity index (χ1) is 17.2. The predicted molar refractivity (Wildman–Crippen MR) is 133 cm³/mol. The molecule has 5 rings (SSSR count). The maximum Gasteiger partial charge on any atom is 0.245 e. The van der Waals surface area contributed by atoms with Crippen LogP contribution in [0, 0.1) is 31.3 Å². The lowest BCUT2D eigenvalue weighted by molar-refractivity contribution is -0.133. The highest BCUT2D eigenvalue weighted by Gasteiger charge is 2.37. The summed E-state index contributed by atoms with van der Waals surface area (Å²) in [4.78, 5) is 21.6. The summed E-state index contributed by atoms with van der Waals surface area (Å²) in [6, 6.07) is 7.20. The van der Waals surface area contributed by atoms with Crippen molar-refractivity contribution in [2.45, 2.75) is 39.2 Å². The van der Waals surface area contributed by atoms with Crippen LogP contribution in [0.15, 0.2) is 59.1 Å². The fourth-order valence-electron chi connectivity index (χ4n) is 5.06. The molecule has 1 fully saturated rings. The molecule has 36 heavy (non-hydrogen) atoms. The molecule has 3 heterocycles. The molecule has 0 bridgehead atoms. The van der Waals surface area contributed by atoms with Gasteiger partial charge >= 0.3 is 0 Å². The van der Waals surface area contributed by atoms with Crippen LogP contribution in [0.5, 0.6) is 0 Å². The fourth-order valence-corrected chi connectivity index (χ4v) is 5.06. The van der Waals surface area contributed by atoms with Crippen molar-refractivity contribution >= 4 is 17.3 Å². The second kappa shape index (κ2) is 9.46. The monoisotopic (exact) mass is 495 g/mol. The quantitative estimate of drug-likeness (QED) is 0.633. The van der Waals surface area contributed by atoms with E-state index in [1.807, 2.05) is 48.9 Å². The zero-order valence-corrected chi connectivity index (χ0v) is 20.5. The van der Waals surface area contributed by atoms with Crippen LogP contribution in [0.25, 0.3) is 0 Å². The highest BCUT2D eigenvalue weighted by atomic mass is 19.2. The first-order valence-electron chi connectivity index (χ1n) is 12.1. The van der Waals surface area contributed by atoms with Gasteiger partial charge in [0, 0.05) is 37.5 Å². The van der Waals surface area contributed by atoms with Crippen molar-refractivity contribution in [3.05, 3.63) is 88.3 Å². The Morgan fingerprint density at radius 2 is 1.69 bits per heavy atom. The number of halogens is 3. The third-order valence-electron chi connectivity index (χ3n) is 6.87. The molecule has 188 valence electrons. The Morgan fingerprint density at radius 3 is 2.33 bits per heavy atom. The Labute approximate surface area is 208 Å². The lowest BCUT2D eigenvalue weighted by Crippen LogP contribution is -2.50. The number of hydrazine groups is 1. The lowest BCUT2D eigenvalue weighted by atomic mass is 10.1. The largest absolute Gasteiger partial charge is 0.341 e. The van der Waals surface area contributed by atoms with Crippen LogP contribution < -0.4 is 10.3 Å². The number of piperidine rings is 1. The molecule has 0 aliphatic carbocycles. The lowest BCUT2D eigenvalue weighted by Gasteiger charge is -2.36. The van der Waals surface area contributed by atoms with Gasteiger partial charge in [0.2, 0.25) is 5.91 Å². The average molecular weight is 496 g/mol. The minimum absolute atomic E-state index is 0.0405. The Bertz CT molecular complexity index is 1270. The molecule has 3 aliphatic rings. The minimum atomic E-state index is -1.53. The third-order valence-corrected chi connectivity index (χ3v) is 6.87. The van der Waals surface area contributed by atoms with E-state index in [1.165, 1.54) is 0 Å². The van der Waals surface area contributed by atoms with Gasteiger partial charge in [-0.05, 0) is 62.4 Å². The summed E-state index contributed by atoms with van der Waals surface area (Å²) in [5.41, 5.74) is 6.64. The van der Waals surface area contributed by atoms with Gasteiger partial charge in [-0.25, -0.2) is 28.6 Å².